The molecule has 0 bridgehead atoms. The van der Waals surface area contributed by atoms with Crippen molar-refractivity contribution in [2.24, 2.45) is 0 Å². The second-order valence-corrected chi connectivity index (χ2v) is 6.14. The summed E-state index contributed by atoms with van der Waals surface area (Å²) in [5.41, 5.74) is 0.210. The second kappa shape index (κ2) is 9.06. The van der Waals surface area contributed by atoms with Crippen molar-refractivity contribution in [1.29, 1.82) is 0 Å². The fourth-order valence-corrected chi connectivity index (χ4v) is 2.82. The molecule has 1 heterocycles. The van der Waals surface area contributed by atoms with E-state index in [1.807, 2.05) is 19.1 Å². The maximum atomic E-state index is 12.6. The zero-order chi connectivity index (χ0) is 18.2. The molecule has 0 saturated carbocycles. The van der Waals surface area contributed by atoms with E-state index in [2.05, 4.69) is 0 Å². The van der Waals surface area contributed by atoms with Crippen molar-refractivity contribution >= 4 is 11.8 Å². The van der Waals surface area contributed by atoms with Gasteiger partial charge >= 0.3 is 5.97 Å². The maximum Gasteiger partial charge on any atom is 0.342 e. The van der Waals surface area contributed by atoms with Crippen molar-refractivity contribution in [3.05, 3.63) is 47.6 Å². The van der Waals surface area contributed by atoms with E-state index in [1.165, 1.54) is 12.1 Å². The van der Waals surface area contributed by atoms with Crippen molar-refractivity contribution in [2.45, 2.75) is 51.6 Å². The van der Waals surface area contributed by atoms with Crippen LogP contribution in [0.3, 0.4) is 0 Å². The van der Waals surface area contributed by atoms with Crippen LogP contribution in [0.4, 0.5) is 0 Å². The molecule has 1 atom stereocenters. The van der Waals surface area contributed by atoms with Crippen molar-refractivity contribution < 1.29 is 24.5 Å². The lowest BCUT2D eigenvalue weighted by Gasteiger charge is -2.18. The van der Waals surface area contributed by atoms with Crippen LogP contribution in [-0.4, -0.2) is 28.1 Å². The number of carbonyl (C=O) groups is 2. The summed E-state index contributed by atoms with van der Waals surface area (Å²) in [5.74, 6) is -1.46. The molecule has 0 aromatic heterocycles. The Labute approximate surface area is 147 Å². The Morgan fingerprint density at radius 2 is 1.88 bits per heavy atom. The van der Waals surface area contributed by atoms with Gasteiger partial charge in [0.25, 0.3) is 0 Å². The van der Waals surface area contributed by atoms with Crippen LogP contribution in [0.1, 0.15) is 54.9 Å². The predicted octanol–water partition coefficient (Wildman–Crippen LogP) is 3.83. The summed E-state index contributed by atoms with van der Waals surface area (Å²) < 4.78 is 5.56. The summed E-state index contributed by atoms with van der Waals surface area (Å²) >= 11 is 0. The number of phenols is 2. The fourth-order valence-electron chi connectivity index (χ4n) is 2.82. The molecule has 0 radical (unpaired) electrons. The predicted molar refractivity (Wildman–Crippen MR) is 94.7 cm³/mol. The highest BCUT2D eigenvalue weighted by atomic mass is 16.5. The fraction of sp³-hybridized carbons (Fsp3) is 0.400. The van der Waals surface area contributed by atoms with E-state index >= 15 is 0 Å². The number of hydrogen-bond donors (Lipinski definition) is 2. The molecule has 1 aliphatic heterocycles. The van der Waals surface area contributed by atoms with Gasteiger partial charge in [0.15, 0.2) is 5.78 Å². The molecule has 1 aromatic carbocycles. The van der Waals surface area contributed by atoms with E-state index in [4.69, 9.17) is 4.74 Å². The standard InChI is InChI=1S/C20H24O5/c1-2-8-17-10-7-5-3-4-6-9-15(21)11-14-12-16(22)13-18(23)19(14)20(24)25-17/h5-7,9,12-13,17,22-23H,2-4,8,10-11H2,1H3/b7-5+,9-6+/t17-/m1/s1. The summed E-state index contributed by atoms with van der Waals surface area (Å²) in [4.78, 5) is 24.7. The van der Waals surface area contributed by atoms with Gasteiger partial charge in [-0.3, -0.25) is 4.79 Å². The molecular weight excluding hydrogens is 320 g/mol. The number of fused-ring (bicyclic) bond motifs is 1. The molecule has 0 saturated heterocycles. The van der Waals surface area contributed by atoms with Gasteiger partial charge in [0.2, 0.25) is 0 Å². The Balaban J connectivity index is 2.40. The Bertz CT molecular complexity index is 688. The molecule has 1 aliphatic rings. The lowest BCUT2D eigenvalue weighted by molar-refractivity contribution is -0.114. The first-order chi connectivity index (χ1) is 12.0. The number of aromatic hydroxyl groups is 2. The zero-order valence-electron chi connectivity index (χ0n) is 14.4. The van der Waals surface area contributed by atoms with Crippen LogP contribution in [0.15, 0.2) is 36.4 Å². The Morgan fingerprint density at radius 1 is 1.12 bits per heavy atom. The highest BCUT2D eigenvalue weighted by molar-refractivity contribution is 5.98. The van der Waals surface area contributed by atoms with Crippen LogP contribution in [0.2, 0.25) is 0 Å². The third-order valence-corrected chi connectivity index (χ3v) is 4.01. The van der Waals surface area contributed by atoms with Crippen LogP contribution >= 0.6 is 0 Å². The first-order valence-corrected chi connectivity index (χ1v) is 8.61. The molecule has 0 amide bonds. The number of benzene rings is 1. The van der Waals surface area contributed by atoms with Crippen LogP contribution in [0.5, 0.6) is 11.5 Å². The number of cyclic esters (lactones) is 1. The Hall–Kier alpha value is -2.56. The molecule has 5 heteroatoms. The minimum Gasteiger partial charge on any atom is -0.508 e. The number of allylic oxidation sites excluding steroid dienone is 3. The van der Waals surface area contributed by atoms with E-state index in [1.54, 1.807) is 6.08 Å². The average Bonchev–Trinajstić information content (AvgIpc) is 2.52. The molecular formula is C20H24O5. The molecule has 0 spiro atoms. The van der Waals surface area contributed by atoms with E-state index in [9.17, 15) is 19.8 Å². The Kier molecular flexibility index (Phi) is 6.81. The molecule has 0 aliphatic carbocycles. The number of ketones is 1. The molecule has 2 rings (SSSR count). The number of carbonyl (C=O) groups excluding carboxylic acids is 2. The molecule has 0 fully saturated rings. The van der Waals surface area contributed by atoms with Gasteiger partial charge in [-0.05, 0) is 37.0 Å². The lowest BCUT2D eigenvalue weighted by atomic mass is 10.00. The van der Waals surface area contributed by atoms with Crippen molar-refractivity contribution in [3.63, 3.8) is 0 Å². The summed E-state index contributed by atoms with van der Waals surface area (Å²) in [6, 6.07) is 2.40. The van der Waals surface area contributed by atoms with E-state index in [0.29, 0.717) is 12.8 Å². The molecule has 25 heavy (non-hydrogen) atoms. The van der Waals surface area contributed by atoms with Gasteiger partial charge in [-0.2, -0.15) is 0 Å². The van der Waals surface area contributed by atoms with Crippen molar-refractivity contribution in [3.8, 4) is 11.5 Å². The van der Waals surface area contributed by atoms with Crippen LogP contribution in [0, 0.1) is 0 Å². The number of phenolic OH excluding ortho intramolecular Hbond substituents is 2. The average molecular weight is 344 g/mol. The largest absolute Gasteiger partial charge is 0.508 e. The maximum absolute atomic E-state index is 12.6. The van der Waals surface area contributed by atoms with Crippen LogP contribution in [0.25, 0.3) is 0 Å². The van der Waals surface area contributed by atoms with Crippen molar-refractivity contribution in [1.82, 2.24) is 0 Å². The second-order valence-electron chi connectivity index (χ2n) is 6.14. The SMILES string of the molecule is CCC[C@@H]1C/C=C/CC/C=C/C(=O)Cc2cc(O)cc(O)c2C(=O)O1. The summed E-state index contributed by atoms with van der Waals surface area (Å²) in [5, 5.41) is 19.8. The highest BCUT2D eigenvalue weighted by Gasteiger charge is 2.23. The van der Waals surface area contributed by atoms with Gasteiger partial charge in [0.1, 0.15) is 23.2 Å². The van der Waals surface area contributed by atoms with Gasteiger partial charge in [0, 0.05) is 18.9 Å². The van der Waals surface area contributed by atoms with E-state index < -0.39 is 5.97 Å². The third kappa shape index (κ3) is 5.48. The van der Waals surface area contributed by atoms with Gasteiger partial charge in [0.05, 0.1) is 0 Å². The van der Waals surface area contributed by atoms with E-state index in [-0.39, 0.29) is 40.9 Å². The minimum absolute atomic E-state index is 0.0540. The normalized spacial score (nSPS) is 21.7. The highest BCUT2D eigenvalue weighted by Crippen LogP contribution is 2.29. The first-order valence-electron chi connectivity index (χ1n) is 8.61. The van der Waals surface area contributed by atoms with Crippen molar-refractivity contribution in [2.75, 3.05) is 0 Å². The number of ether oxygens (including phenoxy) is 1. The Morgan fingerprint density at radius 3 is 2.64 bits per heavy atom. The number of hydrogen-bond acceptors (Lipinski definition) is 5. The molecule has 134 valence electrons. The summed E-state index contributed by atoms with van der Waals surface area (Å²) in [6.45, 7) is 2.01. The van der Waals surface area contributed by atoms with Crippen LogP contribution < -0.4 is 0 Å². The molecule has 0 unspecified atom stereocenters. The number of rotatable bonds is 2. The zero-order valence-corrected chi connectivity index (χ0v) is 14.4. The smallest absolute Gasteiger partial charge is 0.342 e. The van der Waals surface area contributed by atoms with Gasteiger partial charge in [-0.25, -0.2) is 4.79 Å². The van der Waals surface area contributed by atoms with Gasteiger partial charge in [-0.15, -0.1) is 0 Å². The van der Waals surface area contributed by atoms with Crippen LogP contribution in [-0.2, 0) is 16.0 Å². The first kappa shape index (κ1) is 18.8. The summed E-state index contributed by atoms with van der Waals surface area (Å²) in [6.07, 6.45) is 10.6. The molecule has 5 nitrogen and oxygen atoms in total. The molecule has 2 N–H and O–H groups in total. The summed E-state index contributed by atoms with van der Waals surface area (Å²) in [7, 11) is 0. The minimum atomic E-state index is -0.673. The van der Waals surface area contributed by atoms with Gasteiger partial charge < -0.3 is 14.9 Å². The monoisotopic (exact) mass is 344 g/mol. The van der Waals surface area contributed by atoms with E-state index in [0.717, 1.165) is 25.3 Å². The topological polar surface area (TPSA) is 83.8 Å². The third-order valence-electron chi connectivity index (χ3n) is 4.01. The van der Waals surface area contributed by atoms with Gasteiger partial charge in [-0.1, -0.05) is 31.6 Å². The lowest BCUT2D eigenvalue weighted by Crippen LogP contribution is -2.19. The molecule has 1 aromatic rings. The quantitative estimate of drug-likeness (QED) is 0.629. The number of esters is 1.